The first kappa shape index (κ1) is 23.9. The van der Waals surface area contributed by atoms with Crippen molar-refractivity contribution in [2.45, 2.75) is 52.6 Å². The van der Waals surface area contributed by atoms with Crippen LogP contribution >= 0.6 is 0 Å². The first-order valence-electron chi connectivity index (χ1n) is 9.84. The molecule has 1 aromatic carbocycles. The highest BCUT2D eigenvalue weighted by molar-refractivity contribution is 7.90. The minimum absolute atomic E-state index is 0.0123. The molecule has 0 saturated carbocycles. The van der Waals surface area contributed by atoms with Gasteiger partial charge in [-0.2, -0.15) is 0 Å². The van der Waals surface area contributed by atoms with Gasteiger partial charge in [0.2, 0.25) is 0 Å². The van der Waals surface area contributed by atoms with Gasteiger partial charge >= 0.3 is 0 Å². The van der Waals surface area contributed by atoms with Gasteiger partial charge < -0.3 is 16.0 Å². The molecule has 1 amide bonds. The van der Waals surface area contributed by atoms with Crippen molar-refractivity contribution in [1.82, 2.24) is 16.0 Å². The molecule has 0 heterocycles. The maximum absolute atomic E-state index is 12.0. The molecule has 0 aliphatic heterocycles. The molecule has 1 atom stereocenters. The maximum Gasteiger partial charge on any atom is 0.251 e. The van der Waals surface area contributed by atoms with E-state index in [0.29, 0.717) is 37.6 Å². The highest BCUT2D eigenvalue weighted by Crippen LogP contribution is 2.06. The average molecular weight is 411 g/mol. The quantitative estimate of drug-likeness (QED) is 0.295. The largest absolute Gasteiger partial charge is 0.357 e. The summed E-state index contributed by atoms with van der Waals surface area (Å²) in [5.41, 5.74) is 1.63. The summed E-state index contributed by atoms with van der Waals surface area (Å²) < 4.78 is 22.6. The van der Waals surface area contributed by atoms with Crippen LogP contribution in [0, 0.1) is 0 Å². The van der Waals surface area contributed by atoms with Gasteiger partial charge in [-0.15, -0.1) is 0 Å². The van der Waals surface area contributed by atoms with Gasteiger partial charge in [-0.25, -0.2) is 13.4 Å². The van der Waals surface area contributed by atoms with Crippen molar-refractivity contribution < 1.29 is 13.2 Å². The number of nitrogens with one attached hydrogen (secondary N) is 3. The highest BCUT2D eigenvalue weighted by atomic mass is 32.2. The van der Waals surface area contributed by atoms with E-state index in [4.69, 9.17) is 0 Å². The summed E-state index contributed by atoms with van der Waals surface area (Å²) in [4.78, 5) is 16.6. The Balaban J connectivity index is 2.62. The second-order valence-corrected chi connectivity index (χ2v) is 9.23. The van der Waals surface area contributed by atoms with Gasteiger partial charge in [0, 0.05) is 31.0 Å². The minimum Gasteiger partial charge on any atom is -0.357 e. The van der Waals surface area contributed by atoms with E-state index in [1.54, 1.807) is 12.1 Å². The lowest BCUT2D eigenvalue weighted by atomic mass is 10.1. The van der Waals surface area contributed by atoms with Crippen molar-refractivity contribution in [3.05, 3.63) is 35.4 Å². The number of aliphatic imine (C=N–C) groups is 1. The second kappa shape index (κ2) is 12.4. The standard InChI is InChI=1S/C20H34N4O3S/c1-5-7-13-22-19(25)18-10-8-17(9-11-18)15-23-20(21-6-2)24-16(3)12-14-28(4,26)27/h8-11,16H,5-7,12-15H2,1-4H3,(H,22,25)(H2,21,23,24). The zero-order chi connectivity index (χ0) is 21.0. The zero-order valence-corrected chi connectivity index (χ0v) is 18.2. The monoisotopic (exact) mass is 410 g/mol. The molecular formula is C20H34N4O3S. The third kappa shape index (κ3) is 10.3. The molecule has 158 valence electrons. The molecular weight excluding hydrogens is 376 g/mol. The first-order valence-corrected chi connectivity index (χ1v) is 11.9. The molecule has 0 bridgehead atoms. The molecule has 0 radical (unpaired) electrons. The van der Waals surface area contributed by atoms with Crippen LogP contribution in [-0.2, 0) is 16.4 Å². The number of amides is 1. The number of hydrogen-bond acceptors (Lipinski definition) is 4. The number of unbranched alkanes of at least 4 members (excludes halogenated alkanes) is 1. The van der Waals surface area contributed by atoms with Gasteiger partial charge in [0.05, 0.1) is 12.3 Å². The first-order chi connectivity index (χ1) is 13.2. The molecule has 0 aliphatic rings. The van der Waals surface area contributed by atoms with E-state index in [2.05, 4.69) is 27.9 Å². The molecule has 1 rings (SSSR count). The molecule has 0 aliphatic carbocycles. The Morgan fingerprint density at radius 1 is 1.14 bits per heavy atom. The van der Waals surface area contributed by atoms with E-state index in [-0.39, 0.29) is 17.7 Å². The third-order valence-corrected chi connectivity index (χ3v) is 5.08. The van der Waals surface area contributed by atoms with Crippen LogP contribution in [0.2, 0.25) is 0 Å². The minimum atomic E-state index is -2.97. The Bertz CT molecular complexity index is 730. The summed E-state index contributed by atoms with van der Waals surface area (Å²) in [5.74, 6) is 0.727. The Morgan fingerprint density at radius 3 is 2.39 bits per heavy atom. The predicted molar refractivity (Wildman–Crippen MR) is 115 cm³/mol. The van der Waals surface area contributed by atoms with Gasteiger partial charge in [0.1, 0.15) is 9.84 Å². The molecule has 0 saturated heterocycles. The highest BCUT2D eigenvalue weighted by Gasteiger charge is 2.09. The van der Waals surface area contributed by atoms with Crippen LogP contribution in [-0.4, -0.2) is 51.4 Å². The Morgan fingerprint density at radius 2 is 1.82 bits per heavy atom. The lowest BCUT2D eigenvalue weighted by Gasteiger charge is -2.17. The van der Waals surface area contributed by atoms with E-state index in [1.165, 1.54) is 6.26 Å². The second-order valence-electron chi connectivity index (χ2n) is 6.97. The number of sulfone groups is 1. The van der Waals surface area contributed by atoms with E-state index < -0.39 is 9.84 Å². The molecule has 1 unspecified atom stereocenters. The summed E-state index contributed by atoms with van der Waals surface area (Å²) in [7, 11) is -2.97. The van der Waals surface area contributed by atoms with E-state index in [0.717, 1.165) is 18.4 Å². The van der Waals surface area contributed by atoms with Crippen molar-refractivity contribution in [3.63, 3.8) is 0 Å². The Hall–Kier alpha value is -2.09. The van der Waals surface area contributed by atoms with Gasteiger partial charge in [-0.05, 0) is 44.4 Å². The number of hydrogen-bond donors (Lipinski definition) is 3. The number of rotatable bonds is 11. The SMILES string of the molecule is CCCCNC(=O)c1ccc(CN=C(NCC)NC(C)CCS(C)(=O)=O)cc1. The molecule has 0 fully saturated rings. The molecule has 28 heavy (non-hydrogen) atoms. The van der Waals surface area contributed by atoms with Crippen LogP contribution in [0.25, 0.3) is 0 Å². The van der Waals surface area contributed by atoms with Crippen LogP contribution in [0.1, 0.15) is 56.0 Å². The number of benzene rings is 1. The smallest absolute Gasteiger partial charge is 0.251 e. The molecule has 1 aromatic rings. The van der Waals surface area contributed by atoms with Gasteiger partial charge in [0.15, 0.2) is 5.96 Å². The fourth-order valence-electron chi connectivity index (χ4n) is 2.43. The summed E-state index contributed by atoms with van der Waals surface area (Å²) >= 11 is 0. The van der Waals surface area contributed by atoms with E-state index in [1.807, 2.05) is 26.0 Å². The summed E-state index contributed by atoms with van der Waals surface area (Å²) in [6, 6.07) is 7.40. The van der Waals surface area contributed by atoms with Gasteiger partial charge in [0.25, 0.3) is 5.91 Å². The van der Waals surface area contributed by atoms with Crippen molar-refractivity contribution >= 4 is 21.7 Å². The number of carbonyl (C=O) groups is 1. The van der Waals surface area contributed by atoms with E-state index >= 15 is 0 Å². The molecule has 3 N–H and O–H groups in total. The fraction of sp³-hybridized carbons (Fsp3) is 0.600. The molecule has 0 aromatic heterocycles. The summed E-state index contributed by atoms with van der Waals surface area (Å²) in [6.07, 6.45) is 3.78. The lowest BCUT2D eigenvalue weighted by molar-refractivity contribution is 0.0953. The Kier molecular flexibility index (Phi) is 10.6. The molecule has 8 heteroatoms. The van der Waals surface area contributed by atoms with Crippen molar-refractivity contribution in [2.24, 2.45) is 4.99 Å². The number of guanidine groups is 1. The van der Waals surface area contributed by atoms with Crippen LogP contribution in [0.4, 0.5) is 0 Å². The Labute approximate surface area is 169 Å². The average Bonchev–Trinajstić information content (AvgIpc) is 2.64. The molecule has 7 nitrogen and oxygen atoms in total. The zero-order valence-electron chi connectivity index (χ0n) is 17.4. The van der Waals surface area contributed by atoms with Crippen molar-refractivity contribution in [3.8, 4) is 0 Å². The van der Waals surface area contributed by atoms with Crippen molar-refractivity contribution in [2.75, 3.05) is 25.1 Å². The van der Waals surface area contributed by atoms with Crippen LogP contribution in [0.15, 0.2) is 29.3 Å². The fourth-order valence-corrected chi connectivity index (χ4v) is 3.21. The maximum atomic E-state index is 12.0. The summed E-state index contributed by atoms with van der Waals surface area (Å²) in [6.45, 7) is 7.86. The van der Waals surface area contributed by atoms with Gasteiger partial charge in [-0.3, -0.25) is 4.79 Å². The van der Waals surface area contributed by atoms with Crippen LogP contribution in [0.3, 0.4) is 0 Å². The van der Waals surface area contributed by atoms with Gasteiger partial charge in [-0.1, -0.05) is 25.5 Å². The topological polar surface area (TPSA) is 99.7 Å². The number of nitrogens with zero attached hydrogens (tertiary/aromatic N) is 1. The number of carbonyl (C=O) groups excluding carboxylic acids is 1. The normalized spacial score (nSPS) is 13.1. The van der Waals surface area contributed by atoms with Crippen LogP contribution in [0.5, 0.6) is 0 Å². The van der Waals surface area contributed by atoms with E-state index in [9.17, 15) is 13.2 Å². The lowest BCUT2D eigenvalue weighted by Crippen LogP contribution is -2.42. The predicted octanol–water partition coefficient (Wildman–Crippen LogP) is 2.09. The van der Waals surface area contributed by atoms with Crippen LogP contribution < -0.4 is 16.0 Å². The third-order valence-electron chi connectivity index (χ3n) is 4.10. The van der Waals surface area contributed by atoms with Crippen molar-refractivity contribution in [1.29, 1.82) is 0 Å². The summed E-state index contributed by atoms with van der Waals surface area (Å²) in [5, 5.41) is 9.29. The molecule has 0 spiro atoms.